The maximum absolute atomic E-state index is 5.43. The maximum atomic E-state index is 5.43. The van der Waals surface area contributed by atoms with Crippen molar-refractivity contribution in [3.63, 3.8) is 0 Å². The normalized spacial score (nSPS) is 32.8. The van der Waals surface area contributed by atoms with Gasteiger partial charge >= 0.3 is 0 Å². The van der Waals surface area contributed by atoms with E-state index in [-0.39, 0.29) is 0 Å². The molecule has 1 N–H and O–H groups in total. The average molecular weight is 212 g/mol. The predicted molar refractivity (Wildman–Crippen MR) is 62.0 cm³/mol. The largest absolute Gasteiger partial charge is 0.381 e. The third-order valence-corrected chi connectivity index (χ3v) is 4.02. The van der Waals surface area contributed by atoms with Crippen molar-refractivity contribution in [2.45, 2.75) is 38.8 Å². The van der Waals surface area contributed by atoms with Crippen LogP contribution < -0.4 is 5.32 Å². The van der Waals surface area contributed by atoms with Crippen molar-refractivity contribution in [1.29, 1.82) is 0 Å². The molecule has 2 fully saturated rings. The molecule has 0 aromatic carbocycles. The second-order valence-corrected chi connectivity index (χ2v) is 4.98. The van der Waals surface area contributed by atoms with E-state index in [9.17, 15) is 0 Å². The quantitative estimate of drug-likeness (QED) is 0.742. The van der Waals surface area contributed by atoms with Gasteiger partial charge in [-0.15, -0.1) is 0 Å². The summed E-state index contributed by atoms with van der Waals surface area (Å²) in [4.78, 5) is 2.67. The standard InChI is InChI=1S/C12H24N2O/c1-10-9-13-5-6-14(10)11(2)12-3-7-15-8-4-12/h10-13H,3-9H2,1-2H3. The van der Waals surface area contributed by atoms with Crippen molar-refractivity contribution in [3.05, 3.63) is 0 Å². The number of rotatable bonds is 2. The van der Waals surface area contributed by atoms with Gasteiger partial charge in [-0.2, -0.15) is 0 Å². The van der Waals surface area contributed by atoms with Crippen molar-refractivity contribution in [2.24, 2.45) is 5.92 Å². The second-order valence-electron chi connectivity index (χ2n) is 4.98. The predicted octanol–water partition coefficient (Wildman–Crippen LogP) is 1.10. The minimum Gasteiger partial charge on any atom is -0.381 e. The van der Waals surface area contributed by atoms with Crippen LogP contribution in [0.3, 0.4) is 0 Å². The molecule has 15 heavy (non-hydrogen) atoms. The van der Waals surface area contributed by atoms with Crippen LogP contribution in [0.1, 0.15) is 26.7 Å². The highest BCUT2D eigenvalue weighted by molar-refractivity contribution is 4.84. The molecule has 88 valence electrons. The molecule has 2 unspecified atom stereocenters. The van der Waals surface area contributed by atoms with Crippen molar-refractivity contribution in [3.8, 4) is 0 Å². The van der Waals surface area contributed by atoms with E-state index in [4.69, 9.17) is 4.74 Å². The van der Waals surface area contributed by atoms with Crippen LogP contribution in [0.15, 0.2) is 0 Å². The number of hydrogen-bond donors (Lipinski definition) is 1. The topological polar surface area (TPSA) is 24.5 Å². The van der Waals surface area contributed by atoms with E-state index in [2.05, 4.69) is 24.1 Å². The van der Waals surface area contributed by atoms with Gasteiger partial charge in [-0.3, -0.25) is 4.90 Å². The van der Waals surface area contributed by atoms with Crippen LogP contribution in [0.4, 0.5) is 0 Å². The van der Waals surface area contributed by atoms with E-state index in [1.54, 1.807) is 0 Å². The average Bonchev–Trinajstić information content (AvgIpc) is 2.30. The Morgan fingerprint density at radius 1 is 1.33 bits per heavy atom. The molecule has 0 saturated carbocycles. The molecule has 0 aromatic rings. The van der Waals surface area contributed by atoms with Gasteiger partial charge in [0.25, 0.3) is 0 Å². The molecule has 3 heteroatoms. The Morgan fingerprint density at radius 3 is 2.73 bits per heavy atom. The summed E-state index contributed by atoms with van der Waals surface area (Å²) in [5, 5.41) is 3.46. The minimum atomic E-state index is 0.691. The highest BCUT2D eigenvalue weighted by atomic mass is 16.5. The molecule has 2 saturated heterocycles. The molecule has 2 atom stereocenters. The minimum absolute atomic E-state index is 0.691. The monoisotopic (exact) mass is 212 g/mol. The molecule has 0 aromatic heterocycles. The van der Waals surface area contributed by atoms with Crippen molar-refractivity contribution < 1.29 is 4.74 Å². The van der Waals surface area contributed by atoms with Crippen LogP contribution >= 0.6 is 0 Å². The van der Waals surface area contributed by atoms with Crippen molar-refractivity contribution in [2.75, 3.05) is 32.8 Å². The van der Waals surface area contributed by atoms with Crippen LogP contribution in [0.5, 0.6) is 0 Å². The molecule has 0 amide bonds. The molecule has 2 aliphatic heterocycles. The molecule has 0 aliphatic carbocycles. The first kappa shape index (κ1) is 11.4. The molecule has 3 nitrogen and oxygen atoms in total. The van der Waals surface area contributed by atoms with Crippen molar-refractivity contribution in [1.82, 2.24) is 10.2 Å². The zero-order valence-electron chi connectivity index (χ0n) is 10.0. The van der Waals surface area contributed by atoms with Gasteiger partial charge in [-0.1, -0.05) is 0 Å². The van der Waals surface area contributed by atoms with E-state index >= 15 is 0 Å². The first-order chi connectivity index (χ1) is 7.29. The van der Waals surface area contributed by atoms with E-state index in [1.807, 2.05) is 0 Å². The number of nitrogens with one attached hydrogen (secondary N) is 1. The van der Waals surface area contributed by atoms with Gasteiger partial charge in [0.15, 0.2) is 0 Å². The summed E-state index contributed by atoms with van der Waals surface area (Å²) in [6.07, 6.45) is 2.50. The Balaban J connectivity index is 1.89. The Bertz CT molecular complexity index is 192. The van der Waals surface area contributed by atoms with Gasteiger partial charge in [0.2, 0.25) is 0 Å². The molecular weight excluding hydrogens is 188 g/mol. The summed E-state index contributed by atoms with van der Waals surface area (Å²) in [5.41, 5.74) is 0. The van der Waals surface area contributed by atoms with Crippen LogP contribution in [-0.2, 0) is 4.74 Å². The third-order valence-electron chi connectivity index (χ3n) is 4.02. The first-order valence-electron chi connectivity index (χ1n) is 6.33. The summed E-state index contributed by atoms with van der Waals surface area (Å²) in [6.45, 7) is 10.2. The fourth-order valence-electron chi connectivity index (χ4n) is 2.93. The molecule has 0 bridgehead atoms. The van der Waals surface area contributed by atoms with Gasteiger partial charge in [-0.05, 0) is 32.6 Å². The van der Waals surface area contributed by atoms with Crippen LogP contribution in [-0.4, -0.2) is 49.8 Å². The number of nitrogens with zero attached hydrogens (tertiary/aromatic N) is 1. The third kappa shape index (κ3) is 2.71. The fourth-order valence-corrected chi connectivity index (χ4v) is 2.93. The molecule has 2 heterocycles. The van der Waals surface area contributed by atoms with Gasteiger partial charge < -0.3 is 10.1 Å². The smallest absolute Gasteiger partial charge is 0.0469 e. The Labute approximate surface area is 93.2 Å². The SMILES string of the molecule is CC1CNCCN1C(C)C1CCOCC1. The second kappa shape index (κ2) is 5.28. The lowest BCUT2D eigenvalue weighted by atomic mass is 9.90. The van der Waals surface area contributed by atoms with Gasteiger partial charge in [0.05, 0.1) is 0 Å². The Morgan fingerprint density at radius 2 is 2.07 bits per heavy atom. The van der Waals surface area contributed by atoms with E-state index in [0.717, 1.165) is 38.3 Å². The molecule has 2 aliphatic rings. The zero-order chi connectivity index (χ0) is 10.7. The summed E-state index contributed by atoms with van der Waals surface area (Å²) in [6, 6.07) is 1.42. The summed E-state index contributed by atoms with van der Waals surface area (Å²) >= 11 is 0. The van der Waals surface area contributed by atoms with Gasteiger partial charge in [0.1, 0.15) is 0 Å². The molecule has 0 radical (unpaired) electrons. The highest BCUT2D eigenvalue weighted by Crippen LogP contribution is 2.24. The lowest BCUT2D eigenvalue weighted by molar-refractivity contribution is 0.0143. The Kier molecular flexibility index (Phi) is 4.00. The van der Waals surface area contributed by atoms with Crippen LogP contribution in [0.25, 0.3) is 0 Å². The highest BCUT2D eigenvalue weighted by Gasteiger charge is 2.29. The molecule has 0 spiro atoms. The maximum Gasteiger partial charge on any atom is 0.0469 e. The zero-order valence-corrected chi connectivity index (χ0v) is 10.0. The van der Waals surface area contributed by atoms with Crippen molar-refractivity contribution >= 4 is 0 Å². The van der Waals surface area contributed by atoms with E-state index in [1.165, 1.54) is 19.4 Å². The fraction of sp³-hybridized carbons (Fsp3) is 1.00. The lowest BCUT2D eigenvalue weighted by Gasteiger charge is -2.42. The summed E-state index contributed by atoms with van der Waals surface area (Å²) in [7, 11) is 0. The number of ether oxygens (including phenoxy) is 1. The number of hydrogen-bond acceptors (Lipinski definition) is 3. The first-order valence-corrected chi connectivity index (χ1v) is 6.33. The van der Waals surface area contributed by atoms with Gasteiger partial charge in [-0.25, -0.2) is 0 Å². The summed E-state index contributed by atoms with van der Waals surface area (Å²) in [5.74, 6) is 0.847. The summed E-state index contributed by atoms with van der Waals surface area (Å²) < 4.78 is 5.43. The van der Waals surface area contributed by atoms with Crippen LogP contribution in [0, 0.1) is 5.92 Å². The van der Waals surface area contributed by atoms with Gasteiger partial charge in [0, 0.05) is 44.9 Å². The Hall–Kier alpha value is -0.120. The molecule has 2 rings (SSSR count). The van der Waals surface area contributed by atoms with Crippen LogP contribution in [0.2, 0.25) is 0 Å². The van der Waals surface area contributed by atoms with E-state index < -0.39 is 0 Å². The molecular formula is C12H24N2O. The lowest BCUT2D eigenvalue weighted by Crippen LogP contribution is -2.55. The van der Waals surface area contributed by atoms with E-state index in [0.29, 0.717) is 6.04 Å². The number of piperazine rings is 1.